The molecule has 0 aliphatic rings. The second kappa shape index (κ2) is 4.51. The maximum absolute atomic E-state index is 6.04. The van der Waals surface area contributed by atoms with Crippen LogP contribution in [-0.4, -0.2) is 40.1 Å². The van der Waals surface area contributed by atoms with Crippen molar-refractivity contribution in [3.05, 3.63) is 30.5 Å². The summed E-state index contributed by atoms with van der Waals surface area (Å²) in [4.78, 5) is 11.0. The molecule has 0 aliphatic carbocycles. The van der Waals surface area contributed by atoms with Gasteiger partial charge < -0.3 is 15.2 Å². The Balaban J connectivity index is 2.24. The van der Waals surface area contributed by atoms with Crippen molar-refractivity contribution >= 4 is 27.9 Å². The highest BCUT2D eigenvalue weighted by Crippen LogP contribution is 2.25. The molecule has 19 heavy (non-hydrogen) atoms. The molecule has 0 spiro atoms. The van der Waals surface area contributed by atoms with Crippen LogP contribution in [0.1, 0.15) is 0 Å². The van der Waals surface area contributed by atoms with Crippen LogP contribution in [0.15, 0.2) is 30.5 Å². The third-order valence-corrected chi connectivity index (χ3v) is 3.28. The van der Waals surface area contributed by atoms with Crippen LogP contribution in [0.25, 0.3) is 21.9 Å². The number of benzene rings is 1. The first-order valence-electron chi connectivity index (χ1n) is 6.31. The predicted octanol–water partition coefficient (Wildman–Crippen LogP) is 1.73. The zero-order chi connectivity index (χ0) is 13.4. The Labute approximate surface area is 111 Å². The van der Waals surface area contributed by atoms with E-state index in [-0.39, 0.29) is 0 Å². The quantitative estimate of drug-likeness (QED) is 0.774. The molecule has 0 atom stereocenters. The van der Waals surface area contributed by atoms with Crippen LogP contribution in [0.3, 0.4) is 0 Å². The smallest absolute Gasteiger partial charge is 0.201 e. The van der Waals surface area contributed by atoms with Gasteiger partial charge >= 0.3 is 0 Å². The molecule has 98 valence electrons. The van der Waals surface area contributed by atoms with Gasteiger partial charge in [0.25, 0.3) is 0 Å². The number of hydrogen-bond acceptors (Lipinski definition) is 4. The Hall–Kier alpha value is -2.14. The van der Waals surface area contributed by atoms with E-state index in [1.807, 2.05) is 18.2 Å². The van der Waals surface area contributed by atoms with Crippen molar-refractivity contribution in [1.29, 1.82) is 0 Å². The van der Waals surface area contributed by atoms with Gasteiger partial charge in [0.1, 0.15) is 5.52 Å². The molecule has 5 heteroatoms. The number of fused-ring (bicyclic) bond motifs is 3. The number of nitrogen functional groups attached to an aromatic ring is 1. The summed E-state index contributed by atoms with van der Waals surface area (Å²) in [6.45, 7) is 1.75. The molecule has 0 saturated heterocycles. The molecule has 2 heterocycles. The number of rotatable bonds is 3. The minimum Gasteiger partial charge on any atom is -0.369 e. The van der Waals surface area contributed by atoms with Gasteiger partial charge in [-0.3, -0.25) is 4.98 Å². The molecule has 0 bridgehead atoms. The number of pyridine rings is 1. The second-order valence-electron chi connectivity index (χ2n) is 4.93. The molecule has 0 fully saturated rings. The highest BCUT2D eigenvalue weighted by atomic mass is 15.2. The SMILES string of the molecule is CN(C)CCn1c(N)nc2cnc3ccccc3c21. The van der Waals surface area contributed by atoms with E-state index < -0.39 is 0 Å². The summed E-state index contributed by atoms with van der Waals surface area (Å²) in [5, 5.41) is 1.10. The van der Waals surface area contributed by atoms with Crippen molar-refractivity contribution in [1.82, 2.24) is 19.4 Å². The number of imidazole rings is 1. The highest BCUT2D eigenvalue weighted by molar-refractivity contribution is 6.02. The number of para-hydroxylation sites is 1. The van der Waals surface area contributed by atoms with E-state index in [2.05, 4.69) is 39.6 Å². The van der Waals surface area contributed by atoms with Gasteiger partial charge in [-0.1, -0.05) is 18.2 Å². The van der Waals surface area contributed by atoms with E-state index >= 15 is 0 Å². The van der Waals surface area contributed by atoms with Crippen molar-refractivity contribution in [3.8, 4) is 0 Å². The summed E-state index contributed by atoms with van der Waals surface area (Å²) in [5.41, 5.74) is 8.94. The molecule has 2 N–H and O–H groups in total. The molecular weight excluding hydrogens is 238 g/mol. The topological polar surface area (TPSA) is 60.0 Å². The normalized spacial score (nSPS) is 11.7. The molecular formula is C14H17N5. The van der Waals surface area contributed by atoms with E-state index in [0.717, 1.165) is 35.0 Å². The molecule has 0 aliphatic heterocycles. The summed E-state index contributed by atoms with van der Waals surface area (Å²) in [6.07, 6.45) is 1.79. The fraction of sp³-hybridized carbons (Fsp3) is 0.286. The monoisotopic (exact) mass is 255 g/mol. The number of likely N-dealkylation sites (N-methyl/N-ethyl adjacent to an activating group) is 1. The lowest BCUT2D eigenvalue weighted by molar-refractivity contribution is 0.388. The third kappa shape index (κ3) is 2.02. The van der Waals surface area contributed by atoms with Crippen LogP contribution >= 0.6 is 0 Å². The largest absolute Gasteiger partial charge is 0.369 e. The number of anilines is 1. The third-order valence-electron chi connectivity index (χ3n) is 3.28. The minimum absolute atomic E-state index is 0.551. The van der Waals surface area contributed by atoms with E-state index in [0.29, 0.717) is 5.95 Å². The Morgan fingerprint density at radius 1 is 1.21 bits per heavy atom. The van der Waals surface area contributed by atoms with Gasteiger partial charge in [-0.25, -0.2) is 4.98 Å². The Morgan fingerprint density at radius 3 is 2.79 bits per heavy atom. The zero-order valence-electron chi connectivity index (χ0n) is 11.2. The molecule has 0 radical (unpaired) electrons. The van der Waals surface area contributed by atoms with Crippen molar-refractivity contribution < 1.29 is 0 Å². The van der Waals surface area contributed by atoms with Crippen molar-refractivity contribution in [2.24, 2.45) is 0 Å². The Bertz CT molecular complexity index is 729. The van der Waals surface area contributed by atoms with Gasteiger partial charge in [-0.05, 0) is 20.2 Å². The predicted molar refractivity (Wildman–Crippen MR) is 78.0 cm³/mol. The first-order valence-corrected chi connectivity index (χ1v) is 6.31. The van der Waals surface area contributed by atoms with Crippen molar-refractivity contribution in [3.63, 3.8) is 0 Å². The molecule has 0 unspecified atom stereocenters. The molecule has 2 aromatic heterocycles. The molecule has 3 aromatic rings. The number of hydrogen-bond donors (Lipinski definition) is 1. The molecule has 3 rings (SSSR count). The van der Waals surface area contributed by atoms with Crippen LogP contribution in [0.5, 0.6) is 0 Å². The van der Waals surface area contributed by atoms with E-state index in [9.17, 15) is 0 Å². The van der Waals surface area contributed by atoms with Crippen LogP contribution in [0.4, 0.5) is 5.95 Å². The first kappa shape index (κ1) is 11.9. The molecule has 1 aromatic carbocycles. The maximum Gasteiger partial charge on any atom is 0.201 e. The van der Waals surface area contributed by atoms with Gasteiger partial charge in [0.05, 0.1) is 17.2 Å². The van der Waals surface area contributed by atoms with E-state index in [4.69, 9.17) is 5.73 Å². The van der Waals surface area contributed by atoms with Gasteiger partial charge in [0.15, 0.2) is 0 Å². The number of aromatic nitrogens is 3. The summed E-state index contributed by atoms with van der Waals surface area (Å²) in [6, 6.07) is 8.08. The van der Waals surface area contributed by atoms with Crippen LogP contribution < -0.4 is 5.73 Å². The van der Waals surface area contributed by atoms with Gasteiger partial charge in [0, 0.05) is 18.5 Å². The summed E-state index contributed by atoms with van der Waals surface area (Å²) >= 11 is 0. The van der Waals surface area contributed by atoms with E-state index in [1.54, 1.807) is 6.20 Å². The second-order valence-corrected chi connectivity index (χ2v) is 4.93. The lowest BCUT2D eigenvalue weighted by Gasteiger charge is -2.12. The van der Waals surface area contributed by atoms with Crippen molar-refractivity contribution in [2.45, 2.75) is 6.54 Å². The summed E-state index contributed by atoms with van der Waals surface area (Å²) < 4.78 is 2.07. The molecule has 5 nitrogen and oxygen atoms in total. The van der Waals surface area contributed by atoms with Crippen LogP contribution in [0, 0.1) is 0 Å². The average Bonchev–Trinajstić information content (AvgIpc) is 2.72. The lowest BCUT2D eigenvalue weighted by Crippen LogP contribution is -2.19. The van der Waals surface area contributed by atoms with Crippen LogP contribution in [-0.2, 0) is 6.54 Å². The zero-order valence-corrected chi connectivity index (χ0v) is 11.2. The molecule has 0 saturated carbocycles. The highest BCUT2D eigenvalue weighted by Gasteiger charge is 2.11. The number of nitrogens with two attached hydrogens (primary N) is 1. The Kier molecular flexibility index (Phi) is 2.83. The Morgan fingerprint density at radius 2 is 2.00 bits per heavy atom. The van der Waals surface area contributed by atoms with Crippen LogP contribution in [0.2, 0.25) is 0 Å². The fourth-order valence-corrected chi connectivity index (χ4v) is 2.31. The standard InChI is InChI=1S/C14H17N5/c1-18(2)7-8-19-13-10-5-3-4-6-11(10)16-9-12(13)17-14(19)15/h3-6,9H,7-8H2,1-2H3,(H2,15,17). The first-order chi connectivity index (χ1) is 9.16. The lowest BCUT2D eigenvalue weighted by atomic mass is 10.2. The maximum atomic E-state index is 6.04. The fourth-order valence-electron chi connectivity index (χ4n) is 2.31. The minimum atomic E-state index is 0.551. The van der Waals surface area contributed by atoms with Crippen molar-refractivity contribution in [2.75, 3.05) is 26.4 Å². The van der Waals surface area contributed by atoms with E-state index in [1.165, 1.54) is 0 Å². The van der Waals surface area contributed by atoms with Gasteiger partial charge in [-0.2, -0.15) is 0 Å². The number of nitrogens with zero attached hydrogens (tertiary/aromatic N) is 4. The average molecular weight is 255 g/mol. The summed E-state index contributed by atoms with van der Waals surface area (Å²) in [7, 11) is 4.10. The summed E-state index contributed by atoms with van der Waals surface area (Å²) in [5.74, 6) is 0.551. The molecule has 0 amide bonds. The van der Waals surface area contributed by atoms with Gasteiger partial charge in [-0.15, -0.1) is 0 Å². The van der Waals surface area contributed by atoms with Gasteiger partial charge in [0.2, 0.25) is 5.95 Å².